The van der Waals surface area contributed by atoms with Crippen molar-refractivity contribution in [1.82, 2.24) is 10.7 Å². The highest BCUT2D eigenvalue weighted by Gasteiger charge is 2.33. The number of hydrogen-bond acceptors (Lipinski definition) is 5. The molecule has 29 heavy (non-hydrogen) atoms. The first kappa shape index (κ1) is 22.2. The van der Waals surface area contributed by atoms with Gasteiger partial charge in [0.15, 0.2) is 0 Å². The van der Waals surface area contributed by atoms with E-state index in [-0.39, 0.29) is 21.3 Å². The third-order valence-corrected chi connectivity index (χ3v) is 4.18. The molecule has 2 N–H and O–H groups in total. The van der Waals surface area contributed by atoms with E-state index in [0.717, 1.165) is 18.1 Å². The molecule has 0 atom stereocenters. The van der Waals surface area contributed by atoms with Crippen LogP contribution in [-0.4, -0.2) is 23.9 Å². The molecule has 0 unspecified atom stereocenters. The van der Waals surface area contributed by atoms with Crippen molar-refractivity contribution in [3.05, 3.63) is 67.7 Å². The minimum absolute atomic E-state index is 0.0190. The standard InChI is InChI=1S/C16H11Cl2F3N4O4/c1-24(11-6-5-8(16(19,20)21)7-12(11)25(28)29)23-15(27)22-14(26)13-9(17)3-2-4-10(13)18/h2-7H,1H3,(H2,22,23,26,27). The van der Waals surface area contributed by atoms with Crippen LogP contribution in [0, 0.1) is 10.1 Å². The SMILES string of the molecule is CN(NC(=O)NC(=O)c1c(Cl)cccc1Cl)c1ccc(C(F)(F)F)cc1[N+](=O)[O-]. The monoisotopic (exact) mass is 450 g/mol. The fraction of sp³-hybridized carbons (Fsp3) is 0.125. The van der Waals surface area contributed by atoms with Crippen molar-refractivity contribution in [2.24, 2.45) is 0 Å². The Balaban J connectivity index is 2.19. The van der Waals surface area contributed by atoms with Gasteiger partial charge in [0, 0.05) is 13.1 Å². The Kier molecular flexibility index (Phi) is 6.55. The fourth-order valence-corrected chi connectivity index (χ4v) is 2.82. The van der Waals surface area contributed by atoms with E-state index < -0.39 is 34.3 Å². The molecule has 0 aliphatic carbocycles. The Morgan fingerprint density at radius 3 is 2.24 bits per heavy atom. The number of rotatable bonds is 4. The number of nitro groups is 1. The molecule has 0 radical (unpaired) electrons. The van der Waals surface area contributed by atoms with Gasteiger partial charge in [0.05, 0.1) is 26.1 Å². The van der Waals surface area contributed by atoms with Crippen molar-refractivity contribution in [3.8, 4) is 0 Å². The predicted octanol–water partition coefficient (Wildman–Crippen LogP) is 4.41. The van der Waals surface area contributed by atoms with Gasteiger partial charge in [-0.15, -0.1) is 0 Å². The van der Waals surface area contributed by atoms with Crippen LogP contribution in [0.15, 0.2) is 36.4 Å². The molecule has 8 nitrogen and oxygen atoms in total. The van der Waals surface area contributed by atoms with Crippen LogP contribution in [0.5, 0.6) is 0 Å². The van der Waals surface area contributed by atoms with E-state index in [0.29, 0.717) is 12.1 Å². The number of halogens is 5. The van der Waals surface area contributed by atoms with Gasteiger partial charge in [-0.25, -0.2) is 10.2 Å². The van der Waals surface area contributed by atoms with E-state index in [1.807, 2.05) is 5.32 Å². The summed E-state index contributed by atoms with van der Waals surface area (Å²) in [6.45, 7) is 0. The average molecular weight is 451 g/mol. The lowest BCUT2D eigenvalue weighted by Gasteiger charge is -2.21. The Bertz CT molecular complexity index is 965. The summed E-state index contributed by atoms with van der Waals surface area (Å²) in [6, 6.07) is 4.87. The van der Waals surface area contributed by atoms with Crippen LogP contribution < -0.4 is 15.8 Å². The van der Waals surface area contributed by atoms with Crippen LogP contribution in [-0.2, 0) is 6.18 Å². The minimum Gasteiger partial charge on any atom is -0.281 e. The molecular weight excluding hydrogens is 440 g/mol. The summed E-state index contributed by atoms with van der Waals surface area (Å²) in [7, 11) is 1.14. The van der Waals surface area contributed by atoms with E-state index >= 15 is 0 Å². The maximum atomic E-state index is 12.8. The summed E-state index contributed by atoms with van der Waals surface area (Å²) in [5, 5.41) is 13.8. The minimum atomic E-state index is -4.78. The zero-order chi connectivity index (χ0) is 21.9. The van der Waals surface area contributed by atoms with Crippen LogP contribution in [0.4, 0.5) is 29.3 Å². The molecule has 0 aromatic heterocycles. The summed E-state index contributed by atoms with van der Waals surface area (Å²) in [5.41, 5.74) is -0.566. The van der Waals surface area contributed by atoms with Crippen LogP contribution >= 0.6 is 23.2 Å². The number of amides is 3. The third kappa shape index (κ3) is 5.27. The fourth-order valence-electron chi connectivity index (χ4n) is 2.25. The van der Waals surface area contributed by atoms with Crippen molar-refractivity contribution in [2.75, 3.05) is 12.1 Å². The van der Waals surface area contributed by atoms with Crippen molar-refractivity contribution in [3.63, 3.8) is 0 Å². The lowest BCUT2D eigenvalue weighted by atomic mass is 10.1. The first-order chi connectivity index (χ1) is 13.4. The third-order valence-electron chi connectivity index (χ3n) is 3.55. The maximum absolute atomic E-state index is 12.8. The molecule has 13 heteroatoms. The molecule has 0 saturated carbocycles. The van der Waals surface area contributed by atoms with E-state index in [1.54, 1.807) is 0 Å². The number of nitro benzene ring substituents is 1. The lowest BCUT2D eigenvalue weighted by Crippen LogP contribution is -2.47. The molecule has 0 aliphatic rings. The van der Waals surface area contributed by atoms with Crippen molar-refractivity contribution < 1.29 is 27.7 Å². The highest BCUT2D eigenvalue weighted by molar-refractivity contribution is 6.40. The second kappa shape index (κ2) is 8.53. The number of benzene rings is 2. The zero-order valence-electron chi connectivity index (χ0n) is 14.4. The molecule has 0 heterocycles. The number of carbonyl (C=O) groups excluding carboxylic acids is 2. The summed E-state index contributed by atoms with van der Waals surface area (Å²) in [4.78, 5) is 34.3. The van der Waals surface area contributed by atoms with Crippen molar-refractivity contribution in [1.29, 1.82) is 0 Å². The van der Waals surface area contributed by atoms with Crippen molar-refractivity contribution in [2.45, 2.75) is 6.18 Å². The molecule has 154 valence electrons. The first-order valence-corrected chi connectivity index (χ1v) is 8.32. The maximum Gasteiger partial charge on any atom is 0.416 e. The molecule has 0 aliphatic heterocycles. The molecular formula is C16H11Cl2F3N4O4. The number of hydrazine groups is 1. The van der Waals surface area contributed by atoms with E-state index in [2.05, 4.69) is 5.43 Å². The molecule has 0 fully saturated rings. The van der Waals surface area contributed by atoms with Gasteiger partial charge in [0.1, 0.15) is 5.69 Å². The van der Waals surface area contributed by atoms with E-state index in [4.69, 9.17) is 23.2 Å². The molecule has 2 aromatic rings. The number of imide groups is 1. The van der Waals surface area contributed by atoms with Gasteiger partial charge in [0.2, 0.25) is 0 Å². The van der Waals surface area contributed by atoms with Gasteiger partial charge in [-0.05, 0) is 24.3 Å². The topological polar surface area (TPSA) is 105 Å². The van der Waals surface area contributed by atoms with Crippen LogP contribution in [0.25, 0.3) is 0 Å². The largest absolute Gasteiger partial charge is 0.416 e. The molecule has 2 aromatic carbocycles. The molecule has 3 amide bonds. The highest BCUT2D eigenvalue weighted by Crippen LogP contribution is 2.35. The predicted molar refractivity (Wildman–Crippen MR) is 99.0 cm³/mol. The van der Waals surface area contributed by atoms with Gasteiger partial charge in [0.25, 0.3) is 11.6 Å². The number of nitrogens with zero attached hydrogens (tertiary/aromatic N) is 2. The quantitative estimate of drug-likeness (QED) is 0.530. The molecule has 2 rings (SSSR count). The van der Waals surface area contributed by atoms with Gasteiger partial charge in [-0.3, -0.25) is 25.2 Å². The molecule has 0 spiro atoms. The molecule has 0 saturated heterocycles. The van der Waals surface area contributed by atoms with Gasteiger partial charge in [-0.2, -0.15) is 13.2 Å². The van der Waals surface area contributed by atoms with Gasteiger partial charge < -0.3 is 0 Å². The number of urea groups is 1. The van der Waals surface area contributed by atoms with E-state index in [9.17, 15) is 32.9 Å². The van der Waals surface area contributed by atoms with Crippen molar-refractivity contribution >= 4 is 46.5 Å². The Morgan fingerprint density at radius 1 is 1.14 bits per heavy atom. The number of alkyl halides is 3. The summed E-state index contributed by atoms with van der Waals surface area (Å²) in [6.07, 6.45) is -4.78. The average Bonchev–Trinajstić information content (AvgIpc) is 2.59. The highest BCUT2D eigenvalue weighted by atomic mass is 35.5. The smallest absolute Gasteiger partial charge is 0.281 e. The summed E-state index contributed by atoms with van der Waals surface area (Å²) in [5.74, 6) is -0.951. The number of hydrogen-bond donors (Lipinski definition) is 2. The lowest BCUT2D eigenvalue weighted by molar-refractivity contribution is -0.384. The van der Waals surface area contributed by atoms with Crippen LogP contribution in [0.1, 0.15) is 15.9 Å². The van der Waals surface area contributed by atoms with Gasteiger partial charge in [-0.1, -0.05) is 29.3 Å². The summed E-state index contributed by atoms with van der Waals surface area (Å²) >= 11 is 11.7. The Labute approximate surface area is 171 Å². The van der Waals surface area contributed by atoms with Gasteiger partial charge >= 0.3 is 12.2 Å². The Hall–Kier alpha value is -3.05. The zero-order valence-corrected chi connectivity index (χ0v) is 15.9. The number of carbonyl (C=O) groups is 2. The van der Waals surface area contributed by atoms with Crippen LogP contribution in [0.3, 0.4) is 0 Å². The number of anilines is 1. The van der Waals surface area contributed by atoms with E-state index in [1.165, 1.54) is 18.2 Å². The second-order valence-corrected chi connectivity index (χ2v) is 6.32. The molecule has 0 bridgehead atoms. The van der Waals surface area contributed by atoms with Crippen LogP contribution in [0.2, 0.25) is 10.0 Å². The Morgan fingerprint density at radius 2 is 1.72 bits per heavy atom. The second-order valence-electron chi connectivity index (χ2n) is 5.51. The summed E-state index contributed by atoms with van der Waals surface area (Å²) < 4.78 is 38.3. The normalized spacial score (nSPS) is 11.0. The first-order valence-electron chi connectivity index (χ1n) is 7.57. The number of nitrogens with one attached hydrogen (secondary N) is 2.